The second kappa shape index (κ2) is 8.96. The number of hydrogen-bond acceptors (Lipinski definition) is 6. The first-order valence-corrected chi connectivity index (χ1v) is 12.5. The van der Waals surface area contributed by atoms with Crippen LogP contribution in [0.15, 0.2) is 41.3 Å². The van der Waals surface area contributed by atoms with Gasteiger partial charge in [0.15, 0.2) is 11.5 Å². The van der Waals surface area contributed by atoms with Crippen LogP contribution >= 0.6 is 0 Å². The average molecular weight is 474 g/mol. The number of fused-ring (bicyclic) bond motifs is 1. The molecule has 9 heteroatoms. The van der Waals surface area contributed by atoms with Gasteiger partial charge in [-0.3, -0.25) is 10.1 Å². The van der Waals surface area contributed by atoms with Gasteiger partial charge < -0.3 is 14.4 Å². The molecule has 178 valence electrons. The van der Waals surface area contributed by atoms with Crippen LogP contribution in [0.2, 0.25) is 0 Å². The highest BCUT2D eigenvalue weighted by atomic mass is 32.2. The van der Waals surface area contributed by atoms with E-state index < -0.39 is 15.6 Å². The number of carbonyl (C=O) groups is 1. The van der Waals surface area contributed by atoms with Gasteiger partial charge in [0.25, 0.3) is 0 Å². The van der Waals surface area contributed by atoms with E-state index >= 15 is 0 Å². The lowest BCUT2D eigenvalue weighted by Crippen LogP contribution is -2.53. The summed E-state index contributed by atoms with van der Waals surface area (Å²) in [6, 6.07) is 11.0. The molecule has 0 saturated carbocycles. The molecule has 2 aliphatic rings. The summed E-state index contributed by atoms with van der Waals surface area (Å²) in [5.41, 5.74) is 2.54. The fourth-order valence-corrected chi connectivity index (χ4v) is 5.50. The van der Waals surface area contributed by atoms with Crippen molar-refractivity contribution in [1.29, 1.82) is 0 Å². The standard InChI is InChI=1S/C24H31N3O5S/c1-17-5-7-20(13-18(17)2)33(29,30)27-11-9-26(10-12-27)23(28)15-25-24(3,4)19-6-8-21-22(14-19)32-16-31-21/h5-8,13-14,25H,9-12,15-16H2,1-4H3. The average Bonchev–Trinajstić information content (AvgIpc) is 3.27. The molecule has 0 atom stereocenters. The molecule has 1 amide bonds. The number of nitrogens with zero attached hydrogens (tertiary/aromatic N) is 2. The van der Waals surface area contributed by atoms with Crippen LogP contribution < -0.4 is 14.8 Å². The minimum Gasteiger partial charge on any atom is -0.454 e. The van der Waals surface area contributed by atoms with E-state index in [9.17, 15) is 13.2 Å². The van der Waals surface area contributed by atoms with Gasteiger partial charge >= 0.3 is 0 Å². The van der Waals surface area contributed by atoms with Crippen LogP contribution in [0, 0.1) is 13.8 Å². The summed E-state index contributed by atoms with van der Waals surface area (Å²) in [4.78, 5) is 14.8. The highest BCUT2D eigenvalue weighted by Gasteiger charge is 2.31. The van der Waals surface area contributed by atoms with Gasteiger partial charge in [0, 0.05) is 31.7 Å². The molecule has 4 rings (SSSR count). The lowest BCUT2D eigenvalue weighted by molar-refractivity contribution is -0.131. The van der Waals surface area contributed by atoms with E-state index in [1.54, 1.807) is 17.0 Å². The molecule has 33 heavy (non-hydrogen) atoms. The number of rotatable bonds is 6. The molecule has 0 aliphatic carbocycles. The Hall–Kier alpha value is -2.62. The van der Waals surface area contributed by atoms with Gasteiger partial charge in [-0.05, 0) is 68.7 Å². The smallest absolute Gasteiger partial charge is 0.243 e. The van der Waals surface area contributed by atoms with E-state index in [4.69, 9.17) is 9.47 Å². The highest BCUT2D eigenvalue weighted by Crippen LogP contribution is 2.35. The van der Waals surface area contributed by atoms with Gasteiger partial charge in [-0.15, -0.1) is 0 Å². The summed E-state index contributed by atoms with van der Waals surface area (Å²) in [6.45, 7) is 9.56. The fraction of sp³-hybridized carbons (Fsp3) is 0.458. The van der Waals surface area contributed by atoms with Crippen molar-refractivity contribution in [3.8, 4) is 11.5 Å². The maximum atomic E-state index is 13.0. The summed E-state index contributed by atoms with van der Waals surface area (Å²) < 4.78 is 38.3. The molecule has 2 aromatic rings. The number of nitrogens with one attached hydrogen (secondary N) is 1. The fourth-order valence-electron chi connectivity index (χ4n) is 4.00. The third-order valence-electron chi connectivity index (χ3n) is 6.48. The number of benzene rings is 2. The predicted octanol–water partition coefficient (Wildman–Crippen LogP) is 2.39. The number of aryl methyl sites for hydroxylation is 2. The second-order valence-corrected chi connectivity index (χ2v) is 11.0. The van der Waals surface area contributed by atoms with E-state index in [2.05, 4.69) is 5.32 Å². The largest absolute Gasteiger partial charge is 0.454 e. The van der Waals surface area contributed by atoms with Gasteiger partial charge in [-0.1, -0.05) is 12.1 Å². The van der Waals surface area contributed by atoms with Crippen molar-refractivity contribution < 1.29 is 22.7 Å². The van der Waals surface area contributed by atoms with Crippen molar-refractivity contribution in [1.82, 2.24) is 14.5 Å². The van der Waals surface area contributed by atoms with E-state index in [0.717, 1.165) is 22.4 Å². The van der Waals surface area contributed by atoms with Gasteiger partial charge in [0.2, 0.25) is 22.7 Å². The lowest BCUT2D eigenvalue weighted by atomic mass is 9.94. The van der Waals surface area contributed by atoms with E-state index in [1.807, 2.05) is 52.0 Å². The van der Waals surface area contributed by atoms with Gasteiger partial charge in [0.1, 0.15) is 0 Å². The van der Waals surface area contributed by atoms with Gasteiger partial charge in [0.05, 0.1) is 11.4 Å². The molecule has 0 aromatic heterocycles. The van der Waals surface area contributed by atoms with Crippen molar-refractivity contribution in [3.63, 3.8) is 0 Å². The maximum Gasteiger partial charge on any atom is 0.243 e. The summed E-state index contributed by atoms with van der Waals surface area (Å²) in [6.07, 6.45) is 0. The summed E-state index contributed by atoms with van der Waals surface area (Å²) >= 11 is 0. The molecule has 0 spiro atoms. The van der Waals surface area contributed by atoms with E-state index in [0.29, 0.717) is 23.7 Å². The van der Waals surface area contributed by atoms with Gasteiger partial charge in [-0.2, -0.15) is 4.31 Å². The third kappa shape index (κ3) is 4.85. The Bertz CT molecular complexity index is 1150. The van der Waals surface area contributed by atoms with E-state index in [1.165, 1.54) is 4.31 Å². The molecule has 1 fully saturated rings. The number of piperazine rings is 1. The number of sulfonamides is 1. The zero-order valence-electron chi connectivity index (χ0n) is 19.6. The van der Waals surface area contributed by atoms with Crippen molar-refractivity contribution in [2.45, 2.75) is 38.1 Å². The Morgan fingerprint density at radius 2 is 1.67 bits per heavy atom. The zero-order valence-corrected chi connectivity index (χ0v) is 20.4. The Kier molecular flexibility index (Phi) is 6.39. The first kappa shape index (κ1) is 23.5. The lowest BCUT2D eigenvalue weighted by Gasteiger charge is -2.35. The van der Waals surface area contributed by atoms with Crippen molar-refractivity contribution in [2.75, 3.05) is 39.5 Å². The predicted molar refractivity (Wildman–Crippen MR) is 125 cm³/mol. The highest BCUT2D eigenvalue weighted by molar-refractivity contribution is 7.89. The quantitative estimate of drug-likeness (QED) is 0.693. The molecule has 2 aliphatic heterocycles. The molecule has 0 unspecified atom stereocenters. The Morgan fingerprint density at radius 3 is 2.36 bits per heavy atom. The normalized spacial score (nSPS) is 16.8. The van der Waals surface area contributed by atoms with Gasteiger partial charge in [-0.25, -0.2) is 8.42 Å². The maximum absolute atomic E-state index is 13.0. The zero-order chi connectivity index (χ0) is 23.8. The van der Waals surface area contributed by atoms with Crippen LogP contribution in [-0.4, -0.2) is 63.0 Å². The third-order valence-corrected chi connectivity index (χ3v) is 8.38. The number of hydrogen-bond donors (Lipinski definition) is 1. The second-order valence-electron chi connectivity index (χ2n) is 9.08. The first-order valence-electron chi connectivity index (χ1n) is 11.1. The monoisotopic (exact) mass is 473 g/mol. The molecule has 1 saturated heterocycles. The molecular formula is C24H31N3O5S. The topological polar surface area (TPSA) is 88.2 Å². The molecule has 8 nitrogen and oxygen atoms in total. The minimum atomic E-state index is -3.57. The summed E-state index contributed by atoms with van der Waals surface area (Å²) in [5, 5.41) is 3.32. The Morgan fingerprint density at radius 1 is 0.970 bits per heavy atom. The summed E-state index contributed by atoms with van der Waals surface area (Å²) in [7, 11) is -3.57. The van der Waals surface area contributed by atoms with Crippen molar-refractivity contribution in [3.05, 3.63) is 53.1 Å². The van der Waals surface area contributed by atoms with Crippen molar-refractivity contribution >= 4 is 15.9 Å². The molecule has 2 aromatic carbocycles. The van der Waals surface area contributed by atoms with Crippen LogP contribution in [0.3, 0.4) is 0 Å². The van der Waals surface area contributed by atoms with Crippen LogP contribution in [0.25, 0.3) is 0 Å². The minimum absolute atomic E-state index is 0.0490. The van der Waals surface area contributed by atoms with Crippen LogP contribution in [-0.2, 0) is 20.4 Å². The number of carbonyl (C=O) groups excluding carboxylic acids is 1. The molecule has 2 heterocycles. The van der Waals surface area contributed by atoms with Crippen LogP contribution in [0.1, 0.15) is 30.5 Å². The first-order chi connectivity index (χ1) is 15.6. The molecule has 1 N–H and O–H groups in total. The Labute approximate surface area is 195 Å². The Balaban J connectivity index is 1.33. The number of amides is 1. The number of ether oxygens (including phenoxy) is 2. The summed E-state index contributed by atoms with van der Waals surface area (Å²) in [5.74, 6) is 1.38. The van der Waals surface area contributed by atoms with Crippen LogP contribution in [0.4, 0.5) is 0 Å². The van der Waals surface area contributed by atoms with E-state index in [-0.39, 0.29) is 32.3 Å². The molecule has 0 bridgehead atoms. The SMILES string of the molecule is Cc1ccc(S(=O)(=O)N2CCN(C(=O)CNC(C)(C)c3ccc4c(c3)OCO4)CC2)cc1C. The molecule has 0 radical (unpaired) electrons. The van der Waals surface area contributed by atoms with Crippen molar-refractivity contribution in [2.24, 2.45) is 0 Å². The van der Waals surface area contributed by atoms with Crippen LogP contribution in [0.5, 0.6) is 11.5 Å². The molecular weight excluding hydrogens is 442 g/mol.